The summed E-state index contributed by atoms with van der Waals surface area (Å²) in [4.78, 5) is 74.8. The van der Waals surface area contributed by atoms with Gasteiger partial charge in [-0.05, 0) is 52.9 Å². The largest absolute Gasteiger partial charge is 0.497 e. The van der Waals surface area contributed by atoms with Gasteiger partial charge < -0.3 is 36.8 Å². The lowest BCUT2D eigenvalue weighted by Crippen LogP contribution is -2.58. The Hall–Kier alpha value is -5.83. The van der Waals surface area contributed by atoms with E-state index in [1.165, 1.54) is 63.4 Å². The summed E-state index contributed by atoms with van der Waals surface area (Å²) in [5.74, 6) is -16.0. The van der Waals surface area contributed by atoms with Gasteiger partial charge >= 0.3 is 24.2 Å². The number of carbonyl (C=O) groups is 6. The molecule has 4 amide bonds. The Morgan fingerprint density at radius 2 is 1.36 bits per heavy atom. The van der Waals surface area contributed by atoms with E-state index in [4.69, 9.17) is 32.0 Å². The summed E-state index contributed by atoms with van der Waals surface area (Å²) in [6, 6.07) is 13.2. The maximum Gasteiger partial charge on any atom is 0.490 e. The smallest absolute Gasteiger partial charge is 0.490 e. The molecule has 322 valence electrons. The van der Waals surface area contributed by atoms with Crippen LogP contribution in [0.25, 0.3) is 0 Å². The fourth-order valence-electron chi connectivity index (χ4n) is 4.84. The lowest BCUT2D eigenvalue weighted by atomic mass is 9.94. The zero-order valence-electron chi connectivity index (χ0n) is 31.1. The molecule has 3 atom stereocenters. The van der Waals surface area contributed by atoms with Crippen LogP contribution in [0.5, 0.6) is 5.75 Å². The van der Waals surface area contributed by atoms with Crippen LogP contribution in [0, 0.1) is 5.92 Å². The third kappa shape index (κ3) is 15.5. The van der Waals surface area contributed by atoms with Gasteiger partial charge in [0.2, 0.25) is 17.6 Å². The molecule has 0 aliphatic heterocycles. The number of carboxylic acid groups (broad SMARTS) is 1. The van der Waals surface area contributed by atoms with E-state index in [1.54, 1.807) is 30.3 Å². The van der Waals surface area contributed by atoms with Crippen molar-refractivity contribution < 1.29 is 73.7 Å². The second kappa shape index (κ2) is 21.3. The van der Waals surface area contributed by atoms with Crippen LogP contribution >= 0.6 is 11.6 Å². The Kier molecular flexibility index (Phi) is 17.8. The van der Waals surface area contributed by atoms with E-state index in [0.717, 1.165) is 10.9 Å². The van der Waals surface area contributed by atoms with Crippen LogP contribution in [0.3, 0.4) is 0 Å². The van der Waals surface area contributed by atoms with E-state index < -0.39 is 84.2 Å². The minimum Gasteiger partial charge on any atom is -0.497 e. The van der Waals surface area contributed by atoms with E-state index in [-0.39, 0.29) is 29.1 Å². The number of ether oxygens (including phenoxy) is 1. The van der Waals surface area contributed by atoms with Crippen molar-refractivity contribution in [2.24, 2.45) is 11.7 Å². The van der Waals surface area contributed by atoms with Gasteiger partial charge in [0.05, 0.1) is 13.2 Å². The Bertz CT molecular complexity index is 1950. The highest BCUT2D eigenvalue weighted by molar-refractivity contribution is 6.31. The first-order valence-corrected chi connectivity index (χ1v) is 17.3. The number of benzene rings is 3. The van der Waals surface area contributed by atoms with Crippen molar-refractivity contribution in [2.45, 2.75) is 63.2 Å². The summed E-state index contributed by atoms with van der Waals surface area (Å²) in [6.45, 7) is 0.638. The first-order chi connectivity index (χ1) is 27.3. The minimum absolute atomic E-state index is 0.0866. The zero-order chi connectivity index (χ0) is 44.9. The number of amides is 4. The molecule has 7 N–H and O–H groups in total. The number of hydrogen-bond donors (Lipinski definition) is 6. The van der Waals surface area contributed by atoms with Crippen molar-refractivity contribution in [3.8, 4) is 5.75 Å². The van der Waals surface area contributed by atoms with Crippen LogP contribution in [0.4, 0.5) is 35.1 Å². The number of alkyl halides is 8. The van der Waals surface area contributed by atoms with Gasteiger partial charge in [-0.2, -0.15) is 35.1 Å². The fourth-order valence-corrected chi connectivity index (χ4v) is 5.03. The normalized spacial score (nSPS) is 13.1. The third-order valence-corrected chi connectivity index (χ3v) is 8.17. The number of nitrogens with one attached hydrogen (secondary N) is 4. The van der Waals surface area contributed by atoms with E-state index in [1.807, 2.05) is 0 Å². The number of rotatable bonds is 16. The van der Waals surface area contributed by atoms with Crippen LogP contribution in [0.1, 0.15) is 46.9 Å². The van der Waals surface area contributed by atoms with Crippen LogP contribution in [0.2, 0.25) is 5.02 Å². The number of carbonyl (C=O) groups excluding carboxylic acids is 5. The average molecular weight is 868 g/mol. The fraction of sp³-hybridized carbons (Fsp3) is 0.351. The van der Waals surface area contributed by atoms with Crippen LogP contribution in [-0.2, 0) is 36.9 Å². The van der Waals surface area contributed by atoms with Gasteiger partial charge in [0.25, 0.3) is 11.8 Å². The molecule has 0 saturated heterocycles. The number of aliphatic carboxylic acids is 1. The molecule has 0 bridgehead atoms. The lowest BCUT2D eigenvalue weighted by Gasteiger charge is -2.28. The molecule has 3 unspecified atom stereocenters. The number of nitrogens with two attached hydrogens (primary N) is 1. The second-order valence-electron chi connectivity index (χ2n) is 12.7. The van der Waals surface area contributed by atoms with E-state index in [2.05, 4.69) is 16.0 Å². The number of methoxy groups -OCH3 is 1. The maximum absolute atomic E-state index is 14.9. The van der Waals surface area contributed by atoms with Gasteiger partial charge in [-0.15, -0.1) is 0 Å². The van der Waals surface area contributed by atoms with Crippen molar-refractivity contribution >= 4 is 47.0 Å². The molecule has 3 rings (SSSR count). The molecule has 13 nitrogen and oxygen atoms in total. The number of hydrogen-bond acceptors (Lipinski definition) is 8. The third-order valence-electron chi connectivity index (χ3n) is 7.94. The Morgan fingerprint density at radius 1 is 0.797 bits per heavy atom. The Morgan fingerprint density at radius 3 is 1.83 bits per heavy atom. The van der Waals surface area contributed by atoms with Crippen LogP contribution in [0.15, 0.2) is 72.8 Å². The number of Topliss-reactive ketones (excluding diaryl/α,β-unsaturated/α-hetero) is 1. The first kappa shape index (κ1) is 49.3. The molecular weight excluding hydrogens is 830 g/mol. The van der Waals surface area contributed by atoms with Crippen molar-refractivity contribution in [3.05, 3.63) is 100 Å². The molecule has 59 heavy (non-hydrogen) atoms. The number of ketones is 1. The highest BCUT2D eigenvalue weighted by Gasteiger charge is 2.52. The summed E-state index contributed by atoms with van der Waals surface area (Å²) < 4.78 is 104. The highest BCUT2D eigenvalue weighted by atomic mass is 35.5. The predicted molar refractivity (Wildman–Crippen MR) is 194 cm³/mol. The quantitative estimate of drug-likeness (QED) is 0.0874. The molecule has 0 heterocycles. The van der Waals surface area contributed by atoms with Gasteiger partial charge in [-0.3, -0.25) is 24.0 Å². The molecule has 0 aliphatic rings. The van der Waals surface area contributed by atoms with Gasteiger partial charge in [0, 0.05) is 23.6 Å². The first-order valence-electron chi connectivity index (χ1n) is 17.0. The number of carboxylic acids is 1. The standard InChI is InChI=1S/C35H37ClF5N5O6.C2HF3O2/c1-19(2)27(29(47)35(40,41)33(51)43-18-34(37,38)39)45-32(50)28(22-11-13-25(52-3)14-12-22)46-31(49)26(15-20-7-9-21(17-42)10-8-20)44-30(48)23-5-4-6-24(36)16-23;3-2(4,5)1(6)7/h4-14,16,19,26-28H,15,17-18,42H2,1-3H3,(H,43,51)(H,44,48)(H,45,50)(H,46,49);(H,6,7). The summed E-state index contributed by atoms with van der Waals surface area (Å²) in [5, 5.41) is 15.6. The SMILES string of the molecule is COc1ccc(C(NC(=O)C(Cc2ccc(CN)cc2)NC(=O)c2cccc(Cl)c2)C(=O)NC(C(=O)C(F)(F)C(=O)NCC(F)(F)F)C(C)C)cc1.O=C(O)C(F)(F)F. The summed E-state index contributed by atoms with van der Waals surface area (Å²) in [7, 11) is 1.37. The molecule has 0 aliphatic carbocycles. The molecule has 0 saturated carbocycles. The topological polar surface area (TPSA) is 206 Å². The van der Waals surface area contributed by atoms with Crippen LogP contribution in [-0.4, -0.2) is 84.5 Å². The predicted octanol–water partition coefficient (Wildman–Crippen LogP) is 4.66. The van der Waals surface area contributed by atoms with Crippen LogP contribution < -0.4 is 31.7 Å². The van der Waals surface area contributed by atoms with Gasteiger partial charge in [0.1, 0.15) is 24.4 Å². The highest BCUT2D eigenvalue weighted by Crippen LogP contribution is 2.24. The number of halogens is 9. The summed E-state index contributed by atoms with van der Waals surface area (Å²) >= 11 is 6.04. The van der Waals surface area contributed by atoms with Gasteiger partial charge in [-0.25, -0.2) is 4.79 Å². The molecule has 3 aromatic carbocycles. The molecule has 22 heteroatoms. The lowest BCUT2D eigenvalue weighted by molar-refractivity contribution is -0.192. The monoisotopic (exact) mass is 867 g/mol. The molecule has 0 spiro atoms. The van der Waals surface area contributed by atoms with Gasteiger partial charge in [0.15, 0.2) is 0 Å². The van der Waals surface area contributed by atoms with Crippen molar-refractivity contribution in [3.63, 3.8) is 0 Å². The van der Waals surface area contributed by atoms with Crippen molar-refractivity contribution in [2.75, 3.05) is 13.7 Å². The molecule has 0 aromatic heterocycles. The van der Waals surface area contributed by atoms with E-state index in [0.29, 0.717) is 11.3 Å². The van der Waals surface area contributed by atoms with Crippen molar-refractivity contribution in [1.29, 1.82) is 0 Å². The molecule has 0 radical (unpaired) electrons. The van der Waals surface area contributed by atoms with Crippen molar-refractivity contribution in [1.82, 2.24) is 21.3 Å². The van der Waals surface area contributed by atoms with E-state index >= 15 is 0 Å². The molecule has 3 aromatic rings. The molecule has 0 fully saturated rings. The average Bonchev–Trinajstić information content (AvgIpc) is 3.17. The van der Waals surface area contributed by atoms with Gasteiger partial charge in [-0.1, -0.05) is 67.9 Å². The molecular formula is C37H38ClF8N5O8. The summed E-state index contributed by atoms with van der Waals surface area (Å²) in [5.41, 5.74) is 7.27. The second-order valence-corrected chi connectivity index (χ2v) is 13.2. The maximum atomic E-state index is 14.9. The zero-order valence-corrected chi connectivity index (χ0v) is 31.9. The minimum atomic E-state index is -5.08. The Labute approximate surface area is 336 Å². The van der Waals surface area contributed by atoms with E-state index in [9.17, 15) is 59.1 Å². The Balaban J connectivity index is 0.00000157. The summed E-state index contributed by atoms with van der Waals surface area (Å²) in [6.07, 6.45) is -10.2.